The SMILES string of the molecule is CCCCCCn1nc(NC(=O)c2cccnc2)c2cc(Cl)c(-c3ccccc3)nc21. The van der Waals surface area contributed by atoms with Crippen molar-refractivity contribution in [2.75, 3.05) is 5.32 Å². The lowest BCUT2D eigenvalue weighted by molar-refractivity contribution is 0.102. The Hall–Kier alpha value is -3.25. The summed E-state index contributed by atoms with van der Waals surface area (Å²) in [5.41, 5.74) is 2.82. The van der Waals surface area contributed by atoms with Crippen LogP contribution in [-0.4, -0.2) is 25.7 Å². The molecule has 4 aromatic rings. The number of benzene rings is 1. The topological polar surface area (TPSA) is 72.7 Å². The van der Waals surface area contributed by atoms with Crippen LogP contribution in [0, 0.1) is 0 Å². The van der Waals surface area contributed by atoms with Crippen LogP contribution in [0.3, 0.4) is 0 Å². The fraction of sp³-hybridized carbons (Fsp3) is 0.250. The molecule has 0 saturated heterocycles. The van der Waals surface area contributed by atoms with Crippen LogP contribution in [0.4, 0.5) is 5.82 Å². The van der Waals surface area contributed by atoms with Crippen molar-refractivity contribution in [3.05, 3.63) is 71.5 Å². The van der Waals surface area contributed by atoms with Gasteiger partial charge in [-0.15, -0.1) is 0 Å². The van der Waals surface area contributed by atoms with Gasteiger partial charge in [0.1, 0.15) is 0 Å². The number of nitrogens with one attached hydrogen (secondary N) is 1. The molecule has 158 valence electrons. The predicted molar refractivity (Wildman–Crippen MR) is 124 cm³/mol. The van der Waals surface area contributed by atoms with E-state index in [9.17, 15) is 4.79 Å². The van der Waals surface area contributed by atoms with E-state index in [1.54, 1.807) is 18.3 Å². The van der Waals surface area contributed by atoms with Gasteiger partial charge in [0, 0.05) is 24.5 Å². The summed E-state index contributed by atoms with van der Waals surface area (Å²) in [6, 6.07) is 15.1. The molecule has 7 heteroatoms. The van der Waals surface area contributed by atoms with Crippen LogP contribution in [0.1, 0.15) is 43.0 Å². The van der Waals surface area contributed by atoms with E-state index in [0.717, 1.165) is 36.8 Å². The van der Waals surface area contributed by atoms with Crippen LogP contribution in [0.15, 0.2) is 60.9 Å². The summed E-state index contributed by atoms with van der Waals surface area (Å²) in [7, 11) is 0. The maximum Gasteiger partial charge on any atom is 0.258 e. The summed E-state index contributed by atoms with van der Waals surface area (Å²) in [5.74, 6) is 0.183. The summed E-state index contributed by atoms with van der Waals surface area (Å²) >= 11 is 6.60. The third kappa shape index (κ3) is 4.75. The van der Waals surface area contributed by atoms with E-state index in [2.05, 4.69) is 22.3 Å². The zero-order valence-electron chi connectivity index (χ0n) is 17.4. The molecule has 0 atom stereocenters. The van der Waals surface area contributed by atoms with Crippen molar-refractivity contribution in [2.45, 2.75) is 39.2 Å². The number of pyridine rings is 2. The predicted octanol–water partition coefficient (Wildman–Crippen LogP) is 5.98. The molecule has 1 aromatic carbocycles. The molecule has 0 fully saturated rings. The molecule has 0 aliphatic heterocycles. The highest BCUT2D eigenvalue weighted by atomic mass is 35.5. The normalized spacial score (nSPS) is 11.0. The Labute approximate surface area is 186 Å². The van der Waals surface area contributed by atoms with Gasteiger partial charge in [0.15, 0.2) is 11.5 Å². The number of carbonyl (C=O) groups is 1. The second-order valence-electron chi connectivity index (χ2n) is 7.38. The van der Waals surface area contributed by atoms with Crippen molar-refractivity contribution in [3.8, 4) is 11.3 Å². The molecule has 0 saturated carbocycles. The van der Waals surface area contributed by atoms with E-state index < -0.39 is 0 Å². The summed E-state index contributed by atoms with van der Waals surface area (Å²) in [6.07, 6.45) is 7.61. The van der Waals surface area contributed by atoms with Gasteiger partial charge in [-0.1, -0.05) is 68.1 Å². The minimum atomic E-state index is -0.270. The molecule has 6 nitrogen and oxygen atoms in total. The zero-order chi connectivity index (χ0) is 21.6. The average Bonchev–Trinajstić information content (AvgIpc) is 3.13. The highest BCUT2D eigenvalue weighted by molar-refractivity contribution is 6.34. The van der Waals surface area contributed by atoms with Crippen LogP contribution < -0.4 is 5.32 Å². The Kier molecular flexibility index (Phi) is 6.57. The Balaban J connectivity index is 1.73. The third-order valence-electron chi connectivity index (χ3n) is 5.10. The van der Waals surface area contributed by atoms with Gasteiger partial charge in [-0.25, -0.2) is 9.67 Å². The smallest absolute Gasteiger partial charge is 0.258 e. The first-order valence-corrected chi connectivity index (χ1v) is 10.9. The molecular weight excluding hydrogens is 410 g/mol. The molecule has 4 rings (SSSR count). The maximum absolute atomic E-state index is 12.7. The molecule has 3 aromatic heterocycles. The number of nitrogens with zero attached hydrogens (tertiary/aromatic N) is 4. The second-order valence-corrected chi connectivity index (χ2v) is 7.79. The monoisotopic (exact) mass is 433 g/mol. The van der Waals surface area contributed by atoms with E-state index in [4.69, 9.17) is 16.6 Å². The molecular formula is C24H24ClN5O. The van der Waals surface area contributed by atoms with Gasteiger partial charge in [-0.2, -0.15) is 5.10 Å². The van der Waals surface area contributed by atoms with Gasteiger partial charge in [-0.05, 0) is 24.6 Å². The first-order valence-electron chi connectivity index (χ1n) is 10.5. The van der Waals surface area contributed by atoms with Gasteiger partial charge in [-0.3, -0.25) is 9.78 Å². The lowest BCUT2D eigenvalue weighted by atomic mass is 10.1. The average molecular weight is 434 g/mol. The van der Waals surface area contributed by atoms with Gasteiger partial charge in [0.05, 0.1) is 21.7 Å². The van der Waals surface area contributed by atoms with Crippen molar-refractivity contribution in [1.82, 2.24) is 19.7 Å². The summed E-state index contributed by atoms with van der Waals surface area (Å²) in [5, 5.41) is 8.81. The number of amides is 1. The summed E-state index contributed by atoms with van der Waals surface area (Å²) in [6.45, 7) is 2.91. The quantitative estimate of drug-likeness (QED) is 0.347. The number of rotatable bonds is 8. The minimum absolute atomic E-state index is 0.270. The lowest BCUT2D eigenvalue weighted by Crippen LogP contribution is -2.13. The van der Waals surface area contributed by atoms with Gasteiger partial charge in [0.2, 0.25) is 0 Å². The van der Waals surface area contributed by atoms with E-state index in [0.29, 0.717) is 27.7 Å². The minimum Gasteiger partial charge on any atom is -0.304 e. The number of anilines is 1. The van der Waals surface area contributed by atoms with Crippen LogP contribution in [0.2, 0.25) is 5.02 Å². The molecule has 3 heterocycles. The van der Waals surface area contributed by atoms with Crippen LogP contribution in [0.5, 0.6) is 0 Å². The number of hydrogen-bond acceptors (Lipinski definition) is 4. The number of aromatic nitrogens is 4. The van der Waals surface area contributed by atoms with Crippen LogP contribution >= 0.6 is 11.6 Å². The first kappa shape index (κ1) is 21.0. The molecule has 0 unspecified atom stereocenters. The van der Waals surface area contributed by atoms with E-state index in [1.807, 2.05) is 41.1 Å². The van der Waals surface area contributed by atoms with Crippen LogP contribution in [0.25, 0.3) is 22.3 Å². The zero-order valence-corrected chi connectivity index (χ0v) is 18.1. The van der Waals surface area contributed by atoms with E-state index in [1.165, 1.54) is 12.6 Å². The van der Waals surface area contributed by atoms with Crippen molar-refractivity contribution in [1.29, 1.82) is 0 Å². The molecule has 0 aliphatic rings. The number of aryl methyl sites for hydroxylation is 1. The lowest BCUT2D eigenvalue weighted by Gasteiger charge is -2.07. The number of hydrogen-bond donors (Lipinski definition) is 1. The Bertz CT molecular complexity index is 1180. The second kappa shape index (κ2) is 9.71. The fourth-order valence-corrected chi connectivity index (χ4v) is 3.74. The standard InChI is InChI=1S/C24H24ClN5O/c1-2-3-4-8-14-30-23-19(15-20(25)21(27-23)17-10-6-5-7-11-17)22(29-30)28-24(31)18-12-9-13-26-16-18/h5-7,9-13,15-16H,2-4,8,14H2,1H3,(H,28,29,31). The molecule has 1 amide bonds. The maximum atomic E-state index is 12.7. The van der Waals surface area contributed by atoms with Gasteiger partial charge >= 0.3 is 0 Å². The molecule has 1 N–H and O–H groups in total. The Morgan fingerprint density at radius 3 is 2.68 bits per heavy atom. The van der Waals surface area contributed by atoms with E-state index >= 15 is 0 Å². The summed E-state index contributed by atoms with van der Waals surface area (Å²) < 4.78 is 1.87. The van der Waals surface area contributed by atoms with Crippen molar-refractivity contribution < 1.29 is 4.79 Å². The summed E-state index contributed by atoms with van der Waals surface area (Å²) in [4.78, 5) is 21.5. The van der Waals surface area contributed by atoms with Crippen molar-refractivity contribution in [2.24, 2.45) is 0 Å². The molecule has 31 heavy (non-hydrogen) atoms. The van der Waals surface area contributed by atoms with E-state index in [-0.39, 0.29) is 5.91 Å². The number of fused-ring (bicyclic) bond motifs is 1. The van der Waals surface area contributed by atoms with Gasteiger partial charge in [0.25, 0.3) is 5.91 Å². The third-order valence-corrected chi connectivity index (χ3v) is 5.39. The van der Waals surface area contributed by atoms with Gasteiger partial charge < -0.3 is 5.32 Å². The van der Waals surface area contributed by atoms with Crippen molar-refractivity contribution in [3.63, 3.8) is 0 Å². The molecule has 0 spiro atoms. The Morgan fingerprint density at radius 2 is 1.94 bits per heavy atom. The molecule has 0 bridgehead atoms. The van der Waals surface area contributed by atoms with Crippen molar-refractivity contribution >= 4 is 34.4 Å². The fourth-order valence-electron chi connectivity index (χ4n) is 3.48. The van der Waals surface area contributed by atoms with Crippen LogP contribution in [-0.2, 0) is 6.54 Å². The Morgan fingerprint density at radius 1 is 1.10 bits per heavy atom. The highest BCUT2D eigenvalue weighted by Crippen LogP contribution is 2.32. The molecule has 0 aliphatic carbocycles. The highest BCUT2D eigenvalue weighted by Gasteiger charge is 2.18. The number of halogens is 1. The number of carbonyl (C=O) groups excluding carboxylic acids is 1. The molecule has 0 radical (unpaired) electrons. The first-order chi connectivity index (χ1) is 15.2. The number of unbranched alkanes of at least 4 members (excludes halogenated alkanes) is 3. The largest absolute Gasteiger partial charge is 0.304 e.